The van der Waals surface area contributed by atoms with Crippen LogP contribution in [0, 0.1) is 0 Å². The zero-order valence-corrected chi connectivity index (χ0v) is 10.9. The molecule has 3 rings (SSSR count). The van der Waals surface area contributed by atoms with Crippen molar-refractivity contribution >= 4 is 11.8 Å². The molecule has 0 amide bonds. The summed E-state index contributed by atoms with van der Waals surface area (Å²) in [6, 6.07) is 9.17. The van der Waals surface area contributed by atoms with Gasteiger partial charge in [0.25, 0.3) is 0 Å². The number of thioether (sulfide) groups is 1. The Morgan fingerprint density at radius 1 is 1.39 bits per heavy atom. The van der Waals surface area contributed by atoms with Crippen LogP contribution >= 0.6 is 11.8 Å². The molecule has 4 nitrogen and oxygen atoms in total. The Labute approximate surface area is 111 Å². The summed E-state index contributed by atoms with van der Waals surface area (Å²) in [4.78, 5) is 4.13. The average molecular weight is 260 g/mol. The van der Waals surface area contributed by atoms with Crippen molar-refractivity contribution in [2.45, 2.75) is 18.2 Å². The fourth-order valence-electron chi connectivity index (χ4n) is 2.27. The summed E-state index contributed by atoms with van der Waals surface area (Å²) in [7, 11) is 0. The number of hydrogen-bond donors (Lipinski definition) is 2. The van der Waals surface area contributed by atoms with Crippen LogP contribution in [0.5, 0.6) is 0 Å². The second-order valence-electron chi connectivity index (χ2n) is 4.40. The third-order valence-corrected chi connectivity index (χ3v) is 4.27. The van der Waals surface area contributed by atoms with Crippen molar-refractivity contribution in [3.05, 3.63) is 47.5 Å². The molecule has 0 bridgehead atoms. The Hall–Kier alpha value is -1.33. The Balaban J connectivity index is 1.60. The van der Waals surface area contributed by atoms with Crippen LogP contribution in [0.1, 0.15) is 23.0 Å². The van der Waals surface area contributed by atoms with E-state index in [2.05, 4.69) is 44.8 Å². The fourth-order valence-corrected chi connectivity index (χ4v) is 3.40. The standard InChI is InChI=1S/C13H16N4S/c1-2-4-11-10(3-1)7-18-8-12(11)14-6-5-13-15-9-16-17-13/h1-4,9,12,14H,5-8H2,(H,15,16,17). The van der Waals surface area contributed by atoms with Crippen LogP contribution in [0.25, 0.3) is 0 Å². The van der Waals surface area contributed by atoms with E-state index in [9.17, 15) is 0 Å². The van der Waals surface area contributed by atoms with Crippen LogP contribution in [0.3, 0.4) is 0 Å². The molecule has 0 aliphatic carbocycles. The number of aromatic amines is 1. The Bertz CT molecular complexity index is 497. The summed E-state index contributed by atoms with van der Waals surface area (Å²) in [5, 5.41) is 10.4. The second-order valence-corrected chi connectivity index (χ2v) is 5.43. The molecule has 5 heteroatoms. The van der Waals surface area contributed by atoms with Gasteiger partial charge in [-0.1, -0.05) is 24.3 Å². The van der Waals surface area contributed by atoms with Gasteiger partial charge in [-0.05, 0) is 11.1 Å². The van der Waals surface area contributed by atoms with Crippen LogP contribution in [-0.2, 0) is 12.2 Å². The van der Waals surface area contributed by atoms with E-state index in [1.54, 1.807) is 6.33 Å². The van der Waals surface area contributed by atoms with Gasteiger partial charge in [-0.15, -0.1) is 0 Å². The summed E-state index contributed by atoms with van der Waals surface area (Å²) < 4.78 is 0. The van der Waals surface area contributed by atoms with Gasteiger partial charge in [0, 0.05) is 30.5 Å². The van der Waals surface area contributed by atoms with E-state index >= 15 is 0 Å². The number of hydrogen-bond acceptors (Lipinski definition) is 4. The van der Waals surface area contributed by atoms with Crippen LogP contribution in [-0.4, -0.2) is 27.5 Å². The molecule has 1 atom stereocenters. The predicted molar refractivity (Wildman–Crippen MR) is 73.4 cm³/mol. The maximum absolute atomic E-state index is 4.13. The van der Waals surface area contributed by atoms with Gasteiger partial charge in [-0.25, -0.2) is 4.98 Å². The number of nitrogens with zero attached hydrogens (tertiary/aromatic N) is 2. The van der Waals surface area contributed by atoms with E-state index in [1.807, 2.05) is 11.8 Å². The van der Waals surface area contributed by atoms with Crippen molar-refractivity contribution in [2.24, 2.45) is 0 Å². The van der Waals surface area contributed by atoms with Crippen molar-refractivity contribution in [3.63, 3.8) is 0 Å². The van der Waals surface area contributed by atoms with Crippen molar-refractivity contribution in [1.29, 1.82) is 0 Å². The molecule has 2 aromatic rings. The molecular formula is C13H16N4S. The molecule has 94 valence electrons. The molecule has 1 aliphatic heterocycles. The third kappa shape index (κ3) is 2.57. The van der Waals surface area contributed by atoms with E-state index in [4.69, 9.17) is 0 Å². The maximum atomic E-state index is 4.13. The Morgan fingerprint density at radius 2 is 2.33 bits per heavy atom. The average Bonchev–Trinajstić information content (AvgIpc) is 2.92. The van der Waals surface area contributed by atoms with Crippen molar-refractivity contribution in [2.75, 3.05) is 12.3 Å². The van der Waals surface area contributed by atoms with Gasteiger partial charge in [0.15, 0.2) is 0 Å². The minimum Gasteiger partial charge on any atom is -0.309 e. The van der Waals surface area contributed by atoms with Gasteiger partial charge < -0.3 is 5.32 Å². The largest absolute Gasteiger partial charge is 0.309 e. The normalized spacial score (nSPS) is 18.6. The molecule has 2 heterocycles. The third-order valence-electron chi connectivity index (χ3n) is 3.19. The number of H-pyrrole nitrogens is 1. The van der Waals surface area contributed by atoms with E-state index in [-0.39, 0.29) is 0 Å². The number of benzene rings is 1. The molecular weight excluding hydrogens is 244 g/mol. The summed E-state index contributed by atoms with van der Waals surface area (Å²) in [5.41, 5.74) is 2.92. The fraction of sp³-hybridized carbons (Fsp3) is 0.385. The van der Waals surface area contributed by atoms with E-state index in [1.165, 1.54) is 11.1 Å². The SMILES string of the molecule is c1ccc2c(c1)CSCC2NCCc1ncn[nH]1. The minimum atomic E-state index is 0.461. The molecule has 1 unspecified atom stereocenters. The van der Waals surface area contributed by atoms with E-state index in [0.29, 0.717) is 6.04 Å². The number of fused-ring (bicyclic) bond motifs is 1. The van der Waals surface area contributed by atoms with E-state index < -0.39 is 0 Å². The lowest BCUT2D eigenvalue weighted by molar-refractivity contribution is 0.571. The first-order valence-electron chi connectivity index (χ1n) is 6.16. The van der Waals surface area contributed by atoms with Gasteiger partial charge in [0.1, 0.15) is 12.2 Å². The number of aromatic nitrogens is 3. The lowest BCUT2D eigenvalue weighted by Crippen LogP contribution is -2.28. The summed E-state index contributed by atoms with van der Waals surface area (Å²) in [6.45, 7) is 0.925. The molecule has 0 saturated carbocycles. The molecule has 1 aromatic heterocycles. The maximum Gasteiger partial charge on any atom is 0.137 e. The van der Waals surface area contributed by atoms with Crippen LogP contribution in [0.4, 0.5) is 0 Å². The highest BCUT2D eigenvalue weighted by molar-refractivity contribution is 7.98. The van der Waals surface area contributed by atoms with Crippen molar-refractivity contribution in [1.82, 2.24) is 20.5 Å². The Kier molecular flexibility index (Phi) is 3.61. The highest BCUT2D eigenvalue weighted by Crippen LogP contribution is 2.31. The van der Waals surface area contributed by atoms with Crippen LogP contribution in [0.2, 0.25) is 0 Å². The first kappa shape index (κ1) is 11.7. The molecule has 1 aliphatic rings. The molecule has 0 fully saturated rings. The van der Waals surface area contributed by atoms with Crippen molar-refractivity contribution < 1.29 is 0 Å². The quantitative estimate of drug-likeness (QED) is 0.882. The number of rotatable bonds is 4. The summed E-state index contributed by atoms with van der Waals surface area (Å²) >= 11 is 2.00. The van der Waals surface area contributed by atoms with Gasteiger partial charge >= 0.3 is 0 Å². The minimum absolute atomic E-state index is 0.461. The highest BCUT2D eigenvalue weighted by Gasteiger charge is 2.19. The zero-order valence-electron chi connectivity index (χ0n) is 10.1. The topological polar surface area (TPSA) is 53.6 Å². The van der Waals surface area contributed by atoms with E-state index in [0.717, 1.165) is 30.3 Å². The second kappa shape index (κ2) is 5.54. The first-order valence-corrected chi connectivity index (χ1v) is 7.32. The molecule has 0 saturated heterocycles. The Morgan fingerprint density at radius 3 is 3.22 bits per heavy atom. The van der Waals surface area contributed by atoms with Gasteiger partial charge in [-0.2, -0.15) is 16.9 Å². The zero-order chi connectivity index (χ0) is 12.2. The summed E-state index contributed by atoms with van der Waals surface area (Å²) in [5.74, 6) is 3.23. The number of nitrogens with one attached hydrogen (secondary N) is 2. The molecule has 2 N–H and O–H groups in total. The predicted octanol–water partition coefficient (Wildman–Crippen LogP) is 1.92. The van der Waals surface area contributed by atoms with Crippen molar-refractivity contribution in [3.8, 4) is 0 Å². The molecule has 0 spiro atoms. The lowest BCUT2D eigenvalue weighted by atomic mass is 10.0. The lowest BCUT2D eigenvalue weighted by Gasteiger charge is -2.26. The highest BCUT2D eigenvalue weighted by atomic mass is 32.2. The van der Waals surface area contributed by atoms with Gasteiger partial charge in [0.2, 0.25) is 0 Å². The molecule has 18 heavy (non-hydrogen) atoms. The van der Waals surface area contributed by atoms with Crippen LogP contribution in [0.15, 0.2) is 30.6 Å². The first-order chi connectivity index (χ1) is 8.93. The summed E-state index contributed by atoms with van der Waals surface area (Å²) in [6.07, 6.45) is 2.45. The van der Waals surface area contributed by atoms with Crippen LogP contribution < -0.4 is 5.32 Å². The smallest absolute Gasteiger partial charge is 0.137 e. The monoisotopic (exact) mass is 260 g/mol. The van der Waals surface area contributed by atoms with Gasteiger partial charge in [-0.3, -0.25) is 5.10 Å². The molecule has 0 radical (unpaired) electrons. The molecule has 1 aromatic carbocycles. The van der Waals surface area contributed by atoms with Gasteiger partial charge in [0.05, 0.1) is 0 Å².